The number of hydrogen-bond donors (Lipinski definition) is 1. The zero-order valence-electron chi connectivity index (χ0n) is 17.4. The van der Waals surface area contributed by atoms with Gasteiger partial charge in [-0.2, -0.15) is 5.10 Å². The predicted molar refractivity (Wildman–Crippen MR) is 138 cm³/mol. The van der Waals surface area contributed by atoms with E-state index in [0.717, 1.165) is 31.5 Å². The Morgan fingerprint density at radius 2 is 1.61 bits per heavy atom. The first-order valence-corrected chi connectivity index (χ1v) is 12.4. The molecule has 4 rings (SSSR count). The Kier molecular flexibility index (Phi) is 7.69. The van der Waals surface area contributed by atoms with Gasteiger partial charge in [0, 0.05) is 32.6 Å². The van der Waals surface area contributed by atoms with Crippen molar-refractivity contribution < 1.29 is 4.79 Å². The van der Waals surface area contributed by atoms with Crippen LogP contribution in [0.15, 0.2) is 92.3 Å². The van der Waals surface area contributed by atoms with Crippen molar-refractivity contribution in [1.82, 2.24) is 25.2 Å². The first-order valence-electron chi connectivity index (χ1n) is 9.85. The van der Waals surface area contributed by atoms with E-state index in [9.17, 15) is 4.79 Å². The van der Waals surface area contributed by atoms with E-state index in [1.807, 2.05) is 72.2 Å². The highest BCUT2D eigenvalue weighted by atomic mass is 79.9. The maximum Gasteiger partial charge on any atom is 0.250 e. The van der Waals surface area contributed by atoms with E-state index in [-0.39, 0.29) is 11.7 Å². The van der Waals surface area contributed by atoms with Crippen molar-refractivity contribution in [2.45, 2.75) is 12.1 Å². The van der Waals surface area contributed by atoms with Crippen LogP contribution < -0.4 is 5.43 Å². The van der Waals surface area contributed by atoms with Gasteiger partial charge in [0.15, 0.2) is 11.0 Å². The van der Waals surface area contributed by atoms with E-state index in [2.05, 4.69) is 57.6 Å². The molecule has 2 aromatic carbocycles. The van der Waals surface area contributed by atoms with Crippen molar-refractivity contribution >= 4 is 55.2 Å². The minimum absolute atomic E-state index is 0.141. The molecule has 33 heavy (non-hydrogen) atoms. The second-order valence-corrected chi connectivity index (χ2v) is 9.66. The summed E-state index contributed by atoms with van der Waals surface area (Å²) in [7, 11) is 0. The summed E-state index contributed by atoms with van der Waals surface area (Å²) in [5.74, 6) is 0.585. The number of aromatic nitrogens is 4. The molecule has 1 amide bonds. The van der Waals surface area contributed by atoms with Crippen LogP contribution >= 0.6 is 43.6 Å². The van der Waals surface area contributed by atoms with Gasteiger partial charge >= 0.3 is 0 Å². The lowest BCUT2D eigenvalue weighted by atomic mass is 10.1. The van der Waals surface area contributed by atoms with Gasteiger partial charge in [-0.25, -0.2) is 5.43 Å². The highest BCUT2D eigenvalue weighted by molar-refractivity contribution is 9.10. The number of halogens is 2. The summed E-state index contributed by atoms with van der Waals surface area (Å²) in [6.45, 7) is 1.85. The molecule has 0 bridgehead atoms. The van der Waals surface area contributed by atoms with Crippen molar-refractivity contribution in [3.05, 3.63) is 87.6 Å². The molecular weight excluding hydrogens is 568 g/mol. The number of hydrogen-bond acceptors (Lipinski definition) is 6. The van der Waals surface area contributed by atoms with Crippen molar-refractivity contribution in [3.8, 4) is 17.1 Å². The number of carbonyl (C=O) groups excluding carboxylic acids is 1. The molecule has 0 aliphatic rings. The molecule has 1 N–H and O–H groups in total. The number of carbonyl (C=O) groups is 1. The summed E-state index contributed by atoms with van der Waals surface area (Å²) >= 11 is 8.17. The molecule has 10 heteroatoms. The van der Waals surface area contributed by atoms with Crippen LogP contribution in [-0.2, 0) is 4.79 Å². The van der Waals surface area contributed by atoms with E-state index in [4.69, 9.17) is 0 Å². The Morgan fingerprint density at radius 1 is 0.970 bits per heavy atom. The smallest absolute Gasteiger partial charge is 0.250 e. The van der Waals surface area contributed by atoms with Gasteiger partial charge in [-0.05, 0) is 61.0 Å². The third kappa shape index (κ3) is 5.95. The molecular formula is C23H18Br2N6OS. The summed E-state index contributed by atoms with van der Waals surface area (Å²) in [4.78, 5) is 16.5. The lowest BCUT2D eigenvalue weighted by Gasteiger charge is -2.10. The van der Waals surface area contributed by atoms with E-state index in [1.54, 1.807) is 12.4 Å². The quantitative estimate of drug-likeness (QED) is 0.176. The second kappa shape index (κ2) is 10.9. The fourth-order valence-electron chi connectivity index (χ4n) is 2.94. The largest absolute Gasteiger partial charge is 0.272 e. The normalized spacial score (nSPS) is 11.4. The lowest BCUT2D eigenvalue weighted by molar-refractivity contribution is -0.118. The van der Waals surface area contributed by atoms with Gasteiger partial charge in [-0.3, -0.25) is 14.3 Å². The molecule has 0 spiro atoms. The van der Waals surface area contributed by atoms with Gasteiger partial charge in [0.1, 0.15) is 0 Å². The number of hydrazone groups is 1. The number of benzene rings is 2. The molecule has 166 valence electrons. The second-order valence-electron chi connectivity index (χ2n) is 6.88. The number of pyridine rings is 1. The van der Waals surface area contributed by atoms with Crippen LogP contribution in [0.25, 0.3) is 17.1 Å². The Hall–Kier alpha value is -2.82. The van der Waals surface area contributed by atoms with Gasteiger partial charge < -0.3 is 0 Å². The van der Waals surface area contributed by atoms with E-state index in [0.29, 0.717) is 11.0 Å². The molecule has 0 aliphatic heterocycles. The Labute approximate surface area is 212 Å². The molecule has 0 saturated carbocycles. The first-order chi connectivity index (χ1) is 16.0. The van der Waals surface area contributed by atoms with Crippen molar-refractivity contribution in [2.75, 3.05) is 5.75 Å². The zero-order chi connectivity index (χ0) is 23.2. The van der Waals surface area contributed by atoms with Crippen LogP contribution in [0.4, 0.5) is 0 Å². The molecule has 0 aliphatic carbocycles. The van der Waals surface area contributed by atoms with Gasteiger partial charge in [-0.15, -0.1) is 10.2 Å². The number of thioether (sulfide) groups is 1. The third-order valence-electron chi connectivity index (χ3n) is 4.60. The topological polar surface area (TPSA) is 85.1 Å². The van der Waals surface area contributed by atoms with Gasteiger partial charge in [0.25, 0.3) is 5.91 Å². The van der Waals surface area contributed by atoms with Crippen LogP contribution in [-0.4, -0.2) is 37.1 Å². The molecule has 2 heterocycles. The monoisotopic (exact) mass is 584 g/mol. The fourth-order valence-corrected chi connectivity index (χ4v) is 4.21. The summed E-state index contributed by atoms with van der Waals surface area (Å²) in [6.07, 6.45) is 3.42. The molecule has 4 aromatic rings. The first kappa shape index (κ1) is 23.3. The maximum atomic E-state index is 12.5. The van der Waals surface area contributed by atoms with Gasteiger partial charge in [0.2, 0.25) is 0 Å². The summed E-state index contributed by atoms with van der Waals surface area (Å²) in [6, 6.07) is 19.3. The minimum atomic E-state index is -0.229. The molecule has 0 radical (unpaired) electrons. The zero-order valence-corrected chi connectivity index (χ0v) is 21.4. The Morgan fingerprint density at radius 3 is 2.27 bits per heavy atom. The van der Waals surface area contributed by atoms with Crippen LogP contribution in [0.3, 0.4) is 0 Å². The van der Waals surface area contributed by atoms with Crippen LogP contribution in [0.2, 0.25) is 0 Å². The molecule has 0 saturated heterocycles. The molecule has 7 nitrogen and oxygen atoms in total. The van der Waals surface area contributed by atoms with Crippen LogP contribution in [0, 0.1) is 0 Å². The highest BCUT2D eigenvalue weighted by Crippen LogP contribution is 2.28. The average molecular weight is 586 g/mol. The number of rotatable bonds is 7. The standard InChI is InChI=1S/C23H18Br2N6OS/c1-15(16-2-4-18(24)5-3-16)27-28-21(32)14-33-23-30-29-22(17-10-12-26-13-11-17)31(23)20-8-6-19(25)7-9-20/h2-13H,14H2,1H3,(H,28,32)/b27-15+. The predicted octanol–water partition coefficient (Wildman–Crippen LogP) is 5.49. The fraction of sp³-hybridized carbons (Fsp3) is 0.0870. The van der Waals surface area contributed by atoms with Crippen LogP contribution in [0.1, 0.15) is 12.5 Å². The third-order valence-corrected chi connectivity index (χ3v) is 6.59. The lowest BCUT2D eigenvalue weighted by Crippen LogP contribution is -2.21. The van der Waals surface area contributed by atoms with Crippen molar-refractivity contribution in [2.24, 2.45) is 5.10 Å². The summed E-state index contributed by atoms with van der Waals surface area (Å²) in [5, 5.41) is 13.5. The van der Waals surface area contributed by atoms with E-state index < -0.39 is 0 Å². The average Bonchev–Trinajstić information content (AvgIpc) is 3.26. The van der Waals surface area contributed by atoms with E-state index in [1.165, 1.54) is 11.8 Å². The van der Waals surface area contributed by atoms with Crippen LogP contribution in [0.5, 0.6) is 0 Å². The Balaban J connectivity index is 1.51. The van der Waals surface area contributed by atoms with Crippen molar-refractivity contribution in [3.63, 3.8) is 0 Å². The number of nitrogens with one attached hydrogen (secondary N) is 1. The number of nitrogens with zero attached hydrogens (tertiary/aromatic N) is 5. The highest BCUT2D eigenvalue weighted by Gasteiger charge is 2.17. The van der Waals surface area contributed by atoms with Gasteiger partial charge in [0.05, 0.1) is 11.5 Å². The van der Waals surface area contributed by atoms with Crippen molar-refractivity contribution in [1.29, 1.82) is 0 Å². The van der Waals surface area contributed by atoms with Gasteiger partial charge in [-0.1, -0.05) is 55.8 Å². The SMILES string of the molecule is C/C(=N\NC(=O)CSc1nnc(-c2ccncc2)n1-c1ccc(Br)cc1)c1ccc(Br)cc1. The summed E-state index contributed by atoms with van der Waals surface area (Å²) < 4.78 is 3.88. The Bertz CT molecular complexity index is 1270. The summed E-state index contributed by atoms with van der Waals surface area (Å²) in [5.41, 5.74) is 6.04. The number of amides is 1. The minimum Gasteiger partial charge on any atom is -0.272 e. The molecule has 0 unspecified atom stereocenters. The molecule has 0 fully saturated rings. The maximum absolute atomic E-state index is 12.5. The van der Waals surface area contributed by atoms with E-state index >= 15 is 0 Å². The molecule has 0 atom stereocenters. The molecule has 2 aromatic heterocycles.